The van der Waals surface area contributed by atoms with Crippen LogP contribution >= 0.6 is 46.4 Å². The molecule has 0 amide bonds. The molecular weight excluding hydrogens is 490 g/mol. The van der Waals surface area contributed by atoms with E-state index in [0.717, 1.165) is 0 Å². The van der Waals surface area contributed by atoms with Gasteiger partial charge in [0.1, 0.15) is 6.33 Å². The Morgan fingerprint density at radius 2 is 1.50 bits per heavy atom. The van der Waals surface area contributed by atoms with E-state index in [1.54, 1.807) is 59.2 Å². The normalized spacial score (nSPS) is 11.2. The Morgan fingerprint density at radius 1 is 0.781 bits per heavy atom. The molecule has 0 saturated heterocycles. The van der Waals surface area contributed by atoms with Crippen LogP contribution in [0.2, 0.25) is 20.1 Å². The number of nitrogens with zero attached hydrogens (tertiary/aromatic N) is 4. The minimum Gasteiger partial charge on any atom is -0.291 e. The Kier molecular flexibility index (Phi) is 5.43. The average Bonchev–Trinajstić information content (AvgIpc) is 3.19. The van der Waals surface area contributed by atoms with Crippen LogP contribution in [0.4, 0.5) is 0 Å². The predicted octanol–water partition coefficient (Wildman–Crippen LogP) is 6.85. The van der Waals surface area contributed by atoms with Gasteiger partial charge >= 0.3 is 0 Å². The number of hydrogen-bond acceptors (Lipinski definition) is 3. The van der Waals surface area contributed by atoms with Gasteiger partial charge in [-0.1, -0.05) is 58.5 Å². The lowest BCUT2D eigenvalue weighted by molar-refractivity contribution is 0.959. The zero-order valence-electron chi connectivity index (χ0n) is 16.1. The largest absolute Gasteiger partial charge is 0.291 e. The number of imidazole rings is 1. The van der Waals surface area contributed by atoms with Gasteiger partial charge in [-0.2, -0.15) is 0 Å². The Hall–Kier alpha value is -2.83. The highest BCUT2D eigenvalue weighted by molar-refractivity contribution is 6.36. The lowest BCUT2D eigenvalue weighted by Crippen LogP contribution is -2.23. The van der Waals surface area contributed by atoms with Gasteiger partial charge < -0.3 is 0 Å². The fourth-order valence-corrected chi connectivity index (χ4v) is 4.33. The molecule has 9 heteroatoms. The van der Waals surface area contributed by atoms with Crippen molar-refractivity contribution in [2.24, 2.45) is 0 Å². The second-order valence-corrected chi connectivity index (χ2v) is 8.60. The summed E-state index contributed by atoms with van der Waals surface area (Å²) in [5.74, 6) is 0.330. The van der Waals surface area contributed by atoms with Crippen LogP contribution in [0, 0.1) is 0 Å². The van der Waals surface area contributed by atoms with Crippen molar-refractivity contribution in [1.29, 1.82) is 0 Å². The quantitative estimate of drug-likeness (QED) is 0.271. The molecule has 0 fully saturated rings. The van der Waals surface area contributed by atoms with E-state index in [4.69, 9.17) is 51.4 Å². The minimum absolute atomic E-state index is 0.265. The predicted molar refractivity (Wildman–Crippen MR) is 130 cm³/mol. The van der Waals surface area contributed by atoms with Gasteiger partial charge in [0.2, 0.25) is 0 Å². The van der Waals surface area contributed by atoms with E-state index in [1.807, 2.05) is 12.1 Å². The number of benzene rings is 3. The minimum atomic E-state index is -0.337. The first kappa shape index (κ1) is 21.0. The first-order valence-electron chi connectivity index (χ1n) is 9.40. The number of para-hydroxylation sites is 1. The maximum atomic E-state index is 13.9. The fourth-order valence-electron chi connectivity index (χ4n) is 3.48. The molecule has 2 aromatic heterocycles. The Labute approximate surface area is 202 Å². The van der Waals surface area contributed by atoms with Gasteiger partial charge in [0.15, 0.2) is 17.0 Å². The first-order valence-corrected chi connectivity index (χ1v) is 10.9. The van der Waals surface area contributed by atoms with Crippen LogP contribution in [0.1, 0.15) is 0 Å². The van der Waals surface area contributed by atoms with Gasteiger partial charge in [0, 0.05) is 15.6 Å². The monoisotopic (exact) mass is 500 g/mol. The lowest BCUT2D eigenvalue weighted by atomic mass is 10.2. The van der Waals surface area contributed by atoms with Crippen molar-refractivity contribution in [3.63, 3.8) is 0 Å². The summed E-state index contributed by atoms with van der Waals surface area (Å²) in [6.45, 7) is 0. The molecule has 0 bridgehead atoms. The highest BCUT2D eigenvalue weighted by Gasteiger charge is 2.21. The van der Waals surface area contributed by atoms with E-state index < -0.39 is 0 Å². The van der Waals surface area contributed by atoms with Crippen LogP contribution < -0.4 is 5.56 Å². The Bertz CT molecular complexity index is 1540. The zero-order valence-corrected chi connectivity index (χ0v) is 19.2. The Morgan fingerprint density at radius 3 is 2.22 bits per heavy atom. The summed E-state index contributed by atoms with van der Waals surface area (Å²) in [4.78, 5) is 22.9. The maximum Gasteiger partial charge on any atom is 0.285 e. The summed E-state index contributed by atoms with van der Waals surface area (Å²) in [7, 11) is 0. The molecule has 5 rings (SSSR count). The highest BCUT2D eigenvalue weighted by atomic mass is 35.5. The summed E-state index contributed by atoms with van der Waals surface area (Å²) < 4.78 is 3.11. The first-order chi connectivity index (χ1) is 15.4. The van der Waals surface area contributed by atoms with Crippen LogP contribution in [0.5, 0.6) is 0 Å². The molecule has 2 heterocycles. The Balaban J connectivity index is 1.88. The SMILES string of the molecule is O=c1c2c(ncn2-c2ccccc2Cl)nc(-c2ccc(Cl)cc2Cl)n1-c1ccc(Cl)cc1. The van der Waals surface area contributed by atoms with Crippen molar-refractivity contribution in [3.8, 4) is 22.8 Å². The molecule has 0 radical (unpaired) electrons. The molecule has 0 aliphatic rings. The molecule has 0 aliphatic heterocycles. The molecule has 0 aliphatic carbocycles. The average molecular weight is 502 g/mol. The third-order valence-electron chi connectivity index (χ3n) is 4.95. The number of hydrogen-bond donors (Lipinski definition) is 0. The van der Waals surface area contributed by atoms with Crippen LogP contribution in [-0.4, -0.2) is 19.1 Å². The molecule has 5 nitrogen and oxygen atoms in total. The van der Waals surface area contributed by atoms with Crippen molar-refractivity contribution in [2.75, 3.05) is 0 Å². The van der Waals surface area contributed by atoms with Crippen LogP contribution in [0.3, 0.4) is 0 Å². The van der Waals surface area contributed by atoms with E-state index in [0.29, 0.717) is 42.9 Å². The van der Waals surface area contributed by atoms with E-state index in [1.165, 1.54) is 10.9 Å². The second kappa shape index (κ2) is 8.26. The maximum absolute atomic E-state index is 13.9. The third kappa shape index (κ3) is 3.57. The fraction of sp³-hybridized carbons (Fsp3) is 0. The van der Waals surface area contributed by atoms with Gasteiger partial charge in [-0.3, -0.25) is 13.9 Å². The number of aromatic nitrogens is 4. The molecule has 0 saturated carbocycles. The van der Waals surface area contributed by atoms with Gasteiger partial charge in [-0.15, -0.1) is 0 Å². The third-order valence-corrected chi connectivity index (χ3v) is 6.07. The molecular formula is C23H12Cl4N4O. The second-order valence-electron chi connectivity index (χ2n) is 6.91. The van der Waals surface area contributed by atoms with Gasteiger partial charge in [-0.25, -0.2) is 9.97 Å². The zero-order chi connectivity index (χ0) is 22.4. The molecule has 5 aromatic rings. The summed E-state index contributed by atoms with van der Waals surface area (Å²) in [5.41, 5.74) is 1.94. The van der Waals surface area contributed by atoms with Crippen molar-refractivity contribution < 1.29 is 0 Å². The smallest absolute Gasteiger partial charge is 0.285 e. The number of rotatable bonds is 3. The van der Waals surface area contributed by atoms with E-state index in [-0.39, 0.29) is 16.7 Å². The molecule has 0 atom stereocenters. The van der Waals surface area contributed by atoms with Gasteiger partial charge in [0.05, 0.1) is 21.4 Å². The molecule has 0 unspecified atom stereocenters. The molecule has 32 heavy (non-hydrogen) atoms. The summed E-state index contributed by atoms with van der Waals surface area (Å²) in [6.07, 6.45) is 1.53. The van der Waals surface area contributed by atoms with E-state index >= 15 is 0 Å². The summed E-state index contributed by atoms with van der Waals surface area (Å²) in [5, 5.41) is 1.86. The van der Waals surface area contributed by atoms with Crippen molar-refractivity contribution in [2.45, 2.75) is 0 Å². The molecule has 3 aromatic carbocycles. The number of fused-ring (bicyclic) bond motifs is 1. The molecule has 0 spiro atoms. The van der Waals surface area contributed by atoms with Crippen LogP contribution in [0.15, 0.2) is 77.9 Å². The topological polar surface area (TPSA) is 52.7 Å². The standard InChI is InChI=1S/C23H12Cl4N4O/c24-13-5-8-15(9-6-13)31-22(16-10-7-14(25)11-18(16)27)29-21-20(23(31)32)30(12-28-21)19-4-2-1-3-17(19)26/h1-12H. The lowest BCUT2D eigenvalue weighted by Gasteiger charge is -2.15. The van der Waals surface area contributed by atoms with E-state index in [9.17, 15) is 4.79 Å². The highest BCUT2D eigenvalue weighted by Crippen LogP contribution is 2.31. The number of halogens is 4. The van der Waals surface area contributed by atoms with Crippen LogP contribution in [0.25, 0.3) is 33.9 Å². The van der Waals surface area contributed by atoms with Gasteiger partial charge in [-0.05, 0) is 54.6 Å². The van der Waals surface area contributed by atoms with Gasteiger partial charge in [0.25, 0.3) is 5.56 Å². The molecule has 158 valence electrons. The van der Waals surface area contributed by atoms with E-state index in [2.05, 4.69) is 4.98 Å². The summed E-state index contributed by atoms with van der Waals surface area (Å²) >= 11 is 25.0. The summed E-state index contributed by atoms with van der Waals surface area (Å²) in [6, 6.07) is 19.1. The van der Waals surface area contributed by atoms with Crippen molar-refractivity contribution >= 4 is 57.6 Å². The van der Waals surface area contributed by atoms with Crippen molar-refractivity contribution in [3.05, 3.63) is 104 Å². The van der Waals surface area contributed by atoms with Crippen molar-refractivity contribution in [1.82, 2.24) is 19.1 Å². The van der Waals surface area contributed by atoms with Crippen LogP contribution in [-0.2, 0) is 0 Å². The molecule has 0 N–H and O–H groups in total.